The van der Waals surface area contributed by atoms with Crippen molar-refractivity contribution >= 4 is 10.1 Å². The fourth-order valence-corrected chi connectivity index (χ4v) is 3.31. The minimum Gasteiger partial charge on any atom is -0.286 e. The molecule has 1 N–H and O–H groups in total. The van der Waals surface area contributed by atoms with Gasteiger partial charge in [-0.15, -0.1) is 0 Å². The molecule has 0 aliphatic heterocycles. The molecule has 4 heteroatoms. The van der Waals surface area contributed by atoms with Crippen LogP contribution in [-0.4, -0.2) is 18.7 Å². The van der Waals surface area contributed by atoms with Gasteiger partial charge in [-0.3, -0.25) is 4.55 Å². The Morgan fingerprint density at radius 3 is 2.50 bits per heavy atom. The zero-order valence-corrected chi connectivity index (χ0v) is 11.2. The van der Waals surface area contributed by atoms with Gasteiger partial charge in [0.1, 0.15) is 0 Å². The van der Waals surface area contributed by atoms with E-state index >= 15 is 0 Å². The fraction of sp³-hybridized carbons (Fsp3) is 1.00. The highest BCUT2D eigenvalue weighted by Gasteiger charge is 2.24. The summed E-state index contributed by atoms with van der Waals surface area (Å²) in [6, 6.07) is 0. The Kier molecular flexibility index (Phi) is 5.25. The van der Waals surface area contributed by atoms with E-state index in [-0.39, 0.29) is 5.75 Å². The molecule has 0 aromatic rings. The van der Waals surface area contributed by atoms with E-state index in [1.54, 1.807) is 0 Å². The van der Waals surface area contributed by atoms with E-state index in [4.69, 9.17) is 4.55 Å². The third-order valence-electron chi connectivity index (χ3n) is 3.85. The van der Waals surface area contributed by atoms with Gasteiger partial charge in [-0.1, -0.05) is 39.5 Å². The van der Waals surface area contributed by atoms with Crippen molar-refractivity contribution in [3.8, 4) is 0 Å². The maximum Gasteiger partial charge on any atom is 0.264 e. The summed E-state index contributed by atoms with van der Waals surface area (Å²) in [5, 5.41) is 0. The van der Waals surface area contributed by atoms with E-state index in [0.717, 1.165) is 30.6 Å². The summed E-state index contributed by atoms with van der Waals surface area (Å²) < 4.78 is 29.7. The summed E-state index contributed by atoms with van der Waals surface area (Å²) in [5.41, 5.74) is 0. The lowest BCUT2D eigenvalue weighted by Crippen LogP contribution is -2.21. The molecule has 0 aromatic carbocycles. The van der Waals surface area contributed by atoms with E-state index in [1.807, 2.05) is 0 Å². The first kappa shape index (κ1) is 14.0. The zero-order chi connectivity index (χ0) is 12.2. The first-order valence-electron chi connectivity index (χ1n) is 6.33. The summed E-state index contributed by atoms with van der Waals surface area (Å²) in [4.78, 5) is 0. The summed E-state index contributed by atoms with van der Waals surface area (Å²) in [6.07, 6.45) is 6.55. The molecule has 1 aliphatic carbocycles. The molecule has 3 atom stereocenters. The molecular formula is C12H24O3S. The molecule has 0 bridgehead atoms. The fourth-order valence-electron chi connectivity index (χ4n) is 2.74. The van der Waals surface area contributed by atoms with E-state index < -0.39 is 10.1 Å². The highest BCUT2D eigenvalue weighted by Crippen LogP contribution is 2.36. The van der Waals surface area contributed by atoms with Gasteiger partial charge < -0.3 is 0 Å². The molecule has 0 spiro atoms. The summed E-state index contributed by atoms with van der Waals surface area (Å²) in [6.45, 7) is 4.61. The van der Waals surface area contributed by atoms with Crippen LogP contribution in [0, 0.1) is 17.8 Å². The van der Waals surface area contributed by atoms with Crippen LogP contribution in [0.1, 0.15) is 52.4 Å². The van der Waals surface area contributed by atoms with Gasteiger partial charge in [-0.05, 0) is 30.6 Å². The lowest BCUT2D eigenvalue weighted by atomic mass is 9.73. The van der Waals surface area contributed by atoms with Crippen LogP contribution in [0.3, 0.4) is 0 Å². The normalized spacial score (nSPS) is 31.6. The second kappa shape index (κ2) is 6.01. The lowest BCUT2D eigenvalue weighted by Gasteiger charge is -2.32. The van der Waals surface area contributed by atoms with E-state index in [1.165, 1.54) is 19.3 Å². The van der Waals surface area contributed by atoms with Crippen LogP contribution in [0.5, 0.6) is 0 Å². The molecule has 96 valence electrons. The van der Waals surface area contributed by atoms with Gasteiger partial charge >= 0.3 is 0 Å². The maximum absolute atomic E-state index is 10.6. The minimum atomic E-state index is -3.75. The lowest BCUT2D eigenvalue weighted by molar-refractivity contribution is 0.190. The number of unbranched alkanes of at least 4 members (excludes halogenated alkanes) is 1. The largest absolute Gasteiger partial charge is 0.286 e. The topological polar surface area (TPSA) is 54.4 Å². The molecule has 16 heavy (non-hydrogen) atoms. The second-order valence-corrected chi connectivity index (χ2v) is 7.01. The summed E-state index contributed by atoms with van der Waals surface area (Å²) >= 11 is 0. The maximum atomic E-state index is 10.6. The number of rotatable bonds is 5. The van der Waals surface area contributed by atoms with Gasteiger partial charge in [0.25, 0.3) is 10.1 Å². The predicted octanol–water partition coefficient (Wildman–Crippen LogP) is 3.12. The van der Waals surface area contributed by atoms with Crippen LogP contribution in [-0.2, 0) is 10.1 Å². The van der Waals surface area contributed by atoms with Crippen molar-refractivity contribution in [1.82, 2.24) is 0 Å². The molecule has 1 fully saturated rings. The molecular weight excluding hydrogens is 224 g/mol. The molecule has 0 amide bonds. The Hall–Kier alpha value is -0.0900. The second-order valence-electron chi connectivity index (χ2n) is 5.44. The minimum absolute atomic E-state index is 0.0797. The van der Waals surface area contributed by atoms with Crippen molar-refractivity contribution in [2.24, 2.45) is 17.8 Å². The van der Waals surface area contributed by atoms with Gasteiger partial charge in [0.2, 0.25) is 0 Å². The SMILES string of the molecule is C[C@@H]1CC[C@H](C)[C@@H](CCCCS(=O)(=O)O)C1. The Morgan fingerprint density at radius 2 is 1.88 bits per heavy atom. The molecule has 0 heterocycles. The Bertz CT molecular complexity index is 297. The van der Waals surface area contributed by atoms with Crippen molar-refractivity contribution in [2.75, 3.05) is 5.75 Å². The van der Waals surface area contributed by atoms with Crippen molar-refractivity contribution in [1.29, 1.82) is 0 Å². The third-order valence-corrected chi connectivity index (χ3v) is 4.66. The van der Waals surface area contributed by atoms with Gasteiger partial charge in [0, 0.05) is 0 Å². The molecule has 1 rings (SSSR count). The highest BCUT2D eigenvalue weighted by molar-refractivity contribution is 7.85. The highest BCUT2D eigenvalue weighted by atomic mass is 32.2. The number of hydrogen-bond acceptors (Lipinski definition) is 2. The third kappa shape index (κ3) is 5.30. The van der Waals surface area contributed by atoms with Crippen LogP contribution >= 0.6 is 0 Å². The average Bonchev–Trinajstić information content (AvgIpc) is 2.16. The Balaban J connectivity index is 2.21. The average molecular weight is 248 g/mol. The van der Waals surface area contributed by atoms with Crippen molar-refractivity contribution in [2.45, 2.75) is 52.4 Å². The monoisotopic (exact) mass is 248 g/mol. The molecule has 0 unspecified atom stereocenters. The van der Waals surface area contributed by atoms with Gasteiger partial charge in [-0.2, -0.15) is 8.42 Å². The summed E-state index contributed by atoms with van der Waals surface area (Å²) in [7, 11) is -3.75. The van der Waals surface area contributed by atoms with Crippen LogP contribution in [0.25, 0.3) is 0 Å². The van der Waals surface area contributed by atoms with E-state index in [2.05, 4.69) is 13.8 Å². The van der Waals surface area contributed by atoms with E-state index in [0.29, 0.717) is 6.42 Å². The first-order valence-corrected chi connectivity index (χ1v) is 7.94. The number of hydrogen-bond donors (Lipinski definition) is 1. The van der Waals surface area contributed by atoms with Crippen LogP contribution in [0.2, 0.25) is 0 Å². The first-order chi connectivity index (χ1) is 7.38. The van der Waals surface area contributed by atoms with Crippen molar-refractivity contribution in [3.05, 3.63) is 0 Å². The molecule has 0 saturated heterocycles. The standard InChI is InChI=1S/C12H24O3S/c1-10-6-7-11(2)12(9-10)5-3-4-8-16(13,14)15/h10-12H,3-9H2,1-2H3,(H,13,14,15)/t10-,11+,12+/m1/s1. The van der Waals surface area contributed by atoms with Crippen LogP contribution < -0.4 is 0 Å². The van der Waals surface area contributed by atoms with Crippen molar-refractivity contribution in [3.63, 3.8) is 0 Å². The van der Waals surface area contributed by atoms with Gasteiger partial charge in [0.15, 0.2) is 0 Å². The quantitative estimate of drug-likeness (QED) is 0.601. The van der Waals surface area contributed by atoms with Crippen LogP contribution in [0.15, 0.2) is 0 Å². The van der Waals surface area contributed by atoms with E-state index in [9.17, 15) is 8.42 Å². The smallest absolute Gasteiger partial charge is 0.264 e. The molecule has 1 saturated carbocycles. The molecule has 0 radical (unpaired) electrons. The Morgan fingerprint density at radius 1 is 1.19 bits per heavy atom. The Labute approximate surface area is 99.4 Å². The molecule has 1 aliphatic rings. The van der Waals surface area contributed by atoms with Crippen LogP contribution in [0.4, 0.5) is 0 Å². The molecule has 0 aromatic heterocycles. The summed E-state index contributed by atoms with van der Waals surface area (Å²) in [5.74, 6) is 2.28. The van der Waals surface area contributed by atoms with Crippen molar-refractivity contribution < 1.29 is 13.0 Å². The van der Waals surface area contributed by atoms with Gasteiger partial charge in [-0.25, -0.2) is 0 Å². The molecule has 3 nitrogen and oxygen atoms in total. The predicted molar refractivity (Wildman–Crippen MR) is 65.9 cm³/mol. The van der Waals surface area contributed by atoms with Gasteiger partial charge in [0.05, 0.1) is 5.75 Å². The zero-order valence-electron chi connectivity index (χ0n) is 10.4.